The highest BCUT2D eigenvalue weighted by Gasteiger charge is 2.04. The van der Waals surface area contributed by atoms with Crippen molar-refractivity contribution in [3.05, 3.63) is 28.3 Å². The van der Waals surface area contributed by atoms with Crippen molar-refractivity contribution in [2.45, 2.75) is 19.8 Å². The van der Waals surface area contributed by atoms with E-state index in [0.717, 1.165) is 5.69 Å². The number of aromatic amines is 1. The molecule has 0 saturated carbocycles. The molecule has 2 rings (SSSR count). The van der Waals surface area contributed by atoms with Crippen molar-refractivity contribution >= 4 is 5.65 Å². The molecule has 0 aliphatic carbocycles. The number of hydrogen-bond donors (Lipinski definition) is 1. The fraction of sp³-hybridized carbons (Fsp3) is 0.375. The molecule has 2 heterocycles. The summed E-state index contributed by atoms with van der Waals surface area (Å²) in [5.41, 5.74) is 1.14. The Kier molecular flexibility index (Phi) is 1.65. The third kappa shape index (κ3) is 1.22. The largest absolute Gasteiger partial charge is 0.364 e. The molecule has 0 fully saturated rings. The van der Waals surface area contributed by atoms with E-state index in [1.807, 2.05) is 19.9 Å². The molecule has 0 spiro atoms. The number of hydrogen-bond acceptors (Lipinski definition) is 3. The van der Waals surface area contributed by atoms with Crippen LogP contribution in [0.1, 0.15) is 25.5 Å². The quantitative estimate of drug-likeness (QED) is 0.693. The third-order valence-electron chi connectivity index (χ3n) is 1.89. The molecule has 2 aromatic rings. The number of nitrogens with zero attached hydrogens (tertiary/aromatic N) is 3. The van der Waals surface area contributed by atoms with Crippen LogP contribution >= 0.6 is 0 Å². The van der Waals surface area contributed by atoms with Crippen molar-refractivity contribution in [3.63, 3.8) is 0 Å². The summed E-state index contributed by atoms with van der Waals surface area (Å²) in [7, 11) is 0. The molecule has 0 bridgehead atoms. The Morgan fingerprint density at radius 3 is 2.92 bits per heavy atom. The standard InChI is InChI=1S/C8H10N4O/c1-5(2)6-3-4-7-9-10-8(13)12(7)11-6/h3-5H,1-2H3,(H,10,13). The molecule has 0 saturated heterocycles. The SMILES string of the molecule is CC(C)c1ccc2n[nH]c(=O)n2n1. The maximum atomic E-state index is 11.1. The van der Waals surface area contributed by atoms with Crippen LogP contribution in [0.5, 0.6) is 0 Å². The summed E-state index contributed by atoms with van der Waals surface area (Å²) in [6.45, 7) is 4.05. The van der Waals surface area contributed by atoms with Gasteiger partial charge in [0.05, 0.1) is 5.69 Å². The lowest BCUT2D eigenvalue weighted by atomic mass is 10.1. The molecule has 13 heavy (non-hydrogen) atoms. The van der Waals surface area contributed by atoms with E-state index in [4.69, 9.17) is 0 Å². The van der Waals surface area contributed by atoms with Crippen molar-refractivity contribution in [3.8, 4) is 0 Å². The topological polar surface area (TPSA) is 63.0 Å². The van der Waals surface area contributed by atoms with Gasteiger partial charge in [0.15, 0.2) is 5.65 Å². The van der Waals surface area contributed by atoms with E-state index in [1.165, 1.54) is 4.52 Å². The monoisotopic (exact) mass is 178 g/mol. The summed E-state index contributed by atoms with van der Waals surface area (Å²) in [4.78, 5) is 11.1. The van der Waals surface area contributed by atoms with E-state index in [1.54, 1.807) is 6.07 Å². The summed E-state index contributed by atoms with van der Waals surface area (Å²) in [5, 5.41) is 10.3. The highest BCUT2D eigenvalue weighted by atomic mass is 16.2. The first kappa shape index (κ1) is 7.97. The normalized spacial score (nSPS) is 11.3. The predicted molar refractivity (Wildman–Crippen MR) is 47.7 cm³/mol. The molecule has 0 unspecified atom stereocenters. The molecule has 0 aromatic carbocycles. The summed E-state index contributed by atoms with van der Waals surface area (Å²) >= 11 is 0. The minimum atomic E-state index is -0.294. The molecular weight excluding hydrogens is 168 g/mol. The maximum absolute atomic E-state index is 11.1. The molecule has 0 radical (unpaired) electrons. The van der Waals surface area contributed by atoms with Crippen LogP contribution in [0.25, 0.3) is 5.65 Å². The van der Waals surface area contributed by atoms with Gasteiger partial charge in [0, 0.05) is 0 Å². The van der Waals surface area contributed by atoms with Crippen LogP contribution in [-0.4, -0.2) is 19.8 Å². The summed E-state index contributed by atoms with van der Waals surface area (Å²) < 4.78 is 1.27. The first-order chi connectivity index (χ1) is 6.18. The number of H-pyrrole nitrogens is 1. The number of nitrogens with one attached hydrogen (secondary N) is 1. The third-order valence-corrected chi connectivity index (χ3v) is 1.89. The molecule has 0 aliphatic rings. The van der Waals surface area contributed by atoms with Gasteiger partial charge in [-0.1, -0.05) is 13.8 Å². The smallest absolute Gasteiger partial charge is 0.244 e. The van der Waals surface area contributed by atoms with Crippen molar-refractivity contribution in [2.75, 3.05) is 0 Å². The van der Waals surface area contributed by atoms with Crippen LogP contribution in [0.4, 0.5) is 0 Å². The van der Waals surface area contributed by atoms with Crippen molar-refractivity contribution in [2.24, 2.45) is 0 Å². The zero-order valence-corrected chi connectivity index (χ0v) is 7.48. The first-order valence-corrected chi connectivity index (χ1v) is 4.13. The second-order valence-corrected chi connectivity index (χ2v) is 3.21. The van der Waals surface area contributed by atoms with Gasteiger partial charge in [-0.25, -0.2) is 9.89 Å². The Morgan fingerprint density at radius 1 is 1.46 bits per heavy atom. The van der Waals surface area contributed by atoms with E-state index in [2.05, 4.69) is 15.3 Å². The lowest BCUT2D eigenvalue weighted by molar-refractivity contribution is 0.750. The summed E-state index contributed by atoms with van der Waals surface area (Å²) in [5.74, 6) is 0.311. The van der Waals surface area contributed by atoms with Gasteiger partial charge in [0.2, 0.25) is 0 Å². The van der Waals surface area contributed by atoms with Crippen molar-refractivity contribution in [1.82, 2.24) is 19.8 Å². The van der Waals surface area contributed by atoms with Crippen LogP contribution in [0.15, 0.2) is 16.9 Å². The van der Waals surface area contributed by atoms with Crippen LogP contribution in [-0.2, 0) is 0 Å². The van der Waals surface area contributed by atoms with Crippen LogP contribution in [0.3, 0.4) is 0 Å². The Hall–Kier alpha value is -1.65. The molecule has 0 aliphatic heterocycles. The minimum absolute atomic E-state index is 0.294. The van der Waals surface area contributed by atoms with Gasteiger partial charge in [-0.05, 0) is 18.1 Å². The van der Waals surface area contributed by atoms with Gasteiger partial charge in [0.1, 0.15) is 0 Å². The van der Waals surface area contributed by atoms with Gasteiger partial charge in [-0.2, -0.15) is 14.7 Å². The molecule has 1 N–H and O–H groups in total. The minimum Gasteiger partial charge on any atom is -0.244 e. The second kappa shape index (κ2) is 2.69. The Bertz CT molecular complexity index is 482. The number of fused-ring (bicyclic) bond motifs is 1. The zero-order valence-electron chi connectivity index (χ0n) is 7.48. The molecule has 0 atom stereocenters. The predicted octanol–water partition coefficient (Wildman–Crippen LogP) is 0.541. The molecule has 5 nitrogen and oxygen atoms in total. The van der Waals surface area contributed by atoms with Gasteiger partial charge in [-0.15, -0.1) is 0 Å². The average molecular weight is 178 g/mol. The van der Waals surface area contributed by atoms with Crippen molar-refractivity contribution < 1.29 is 0 Å². The molecule has 5 heteroatoms. The van der Waals surface area contributed by atoms with Gasteiger partial charge < -0.3 is 0 Å². The Balaban J connectivity index is 2.73. The van der Waals surface area contributed by atoms with E-state index in [-0.39, 0.29) is 5.69 Å². The van der Waals surface area contributed by atoms with E-state index < -0.39 is 0 Å². The fourth-order valence-electron chi connectivity index (χ4n) is 1.13. The van der Waals surface area contributed by atoms with E-state index in [0.29, 0.717) is 11.6 Å². The lowest BCUT2D eigenvalue weighted by Gasteiger charge is -2.02. The highest BCUT2D eigenvalue weighted by molar-refractivity contribution is 5.34. The summed E-state index contributed by atoms with van der Waals surface area (Å²) in [6, 6.07) is 3.65. The van der Waals surface area contributed by atoms with Crippen LogP contribution in [0, 0.1) is 0 Å². The summed E-state index contributed by atoms with van der Waals surface area (Å²) in [6.07, 6.45) is 0. The highest BCUT2D eigenvalue weighted by Crippen LogP contribution is 2.09. The molecule has 68 valence electrons. The van der Waals surface area contributed by atoms with Gasteiger partial charge >= 0.3 is 5.69 Å². The molecule has 2 aromatic heterocycles. The van der Waals surface area contributed by atoms with Crippen molar-refractivity contribution in [1.29, 1.82) is 0 Å². The van der Waals surface area contributed by atoms with Gasteiger partial charge in [-0.3, -0.25) is 0 Å². The van der Waals surface area contributed by atoms with Crippen LogP contribution < -0.4 is 5.69 Å². The average Bonchev–Trinajstić information content (AvgIpc) is 2.47. The van der Waals surface area contributed by atoms with Gasteiger partial charge in [0.25, 0.3) is 0 Å². The van der Waals surface area contributed by atoms with E-state index in [9.17, 15) is 4.79 Å². The second-order valence-electron chi connectivity index (χ2n) is 3.21. The first-order valence-electron chi connectivity index (χ1n) is 4.13. The zero-order chi connectivity index (χ0) is 9.42. The maximum Gasteiger partial charge on any atom is 0.364 e. The number of aromatic nitrogens is 4. The van der Waals surface area contributed by atoms with E-state index >= 15 is 0 Å². The van der Waals surface area contributed by atoms with Crippen LogP contribution in [0.2, 0.25) is 0 Å². The fourth-order valence-corrected chi connectivity index (χ4v) is 1.13. The Morgan fingerprint density at radius 2 is 2.23 bits per heavy atom. The molecular formula is C8H10N4O. The Labute approximate surface area is 74.4 Å². The molecule has 0 amide bonds. The lowest BCUT2D eigenvalue weighted by Crippen LogP contribution is -2.13. The number of rotatable bonds is 1.